The SMILES string of the molecule is CCn1cncc1Cn1c(CN2CCC(Oc3ccnc(COc4ccc(Cl)cc4C#N)c3)CC2)nc2ccc(C(C)=O)cc21. The summed E-state index contributed by atoms with van der Waals surface area (Å²) in [4.78, 5) is 28.3. The van der Waals surface area contributed by atoms with Gasteiger partial charge in [-0.25, -0.2) is 9.97 Å². The van der Waals surface area contributed by atoms with Crippen LogP contribution in [0.5, 0.6) is 11.5 Å². The van der Waals surface area contributed by atoms with Crippen LogP contribution in [-0.2, 0) is 26.2 Å². The van der Waals surface area contributed by atoms with Crippen LogP contribution in [0.1, 0.15) is 59.8 Å². The van der Waals surface area contributed by atoms with E-state index in [-0.39, 0.29) is 18.5 Å². The number of aromatic nitrogens is 5. The van der Waals surface area contributed by atoms with Crippen LogP contribution in [0.4, 0.5) is 0 Å². The number of pyridine rings is 1. The zero-order chi connectivity index (χ0) is 31.3. The summed E-state index contributed by atoms with van der Waals surface area (Å²) in [6, 6.07) is 16.6. The molecule has 0 saturated carbocycles. The summed E-state index contributed by atoms with van der Waals surface area (Å²) in [6.07, 6.45) is 7.29. The number of benzene rings is 2. The molecule has 0 bridgehead atoms. The van der Waals surface area contributed by atoms with Gasteiger partial charge in [0.2, 0.25) is 0 Å². The van der Waals surface area contributed by atoms with Crippen molar-refractivity contribution in [2.75, 3.05) is 13.1 Å². The monoisotopic (exact) mass is 623 g/mol. The van der Waals surface area contributed by atoms with Crippen LogP contribution in [0.2, 0.25) is 5.02 Å². The van der Waals surface area contributed by atoms with Crippen molar-refractivity contribution in [2.45, 2.75) is 59.0 Å². The molecule has 0 atom stereocenters. The van der Waals surface area contributed by atoms with Crippen molar-refractivity contribution in [1.82, 2.24) is 29.0 Å². The van der Waals surface area contributed by atoms with Crippen LogP contribution in [0.3, 0.4) is 0 Å². The van der Waals surface area contributed by atoms with Crippen LogP contribution in [-0.4, -0.2) is 54.0 Å². The van der Waals surface area contributed by atoms with E-state index in [9.17, 15) is 10.1 Å². The fourth-order valence-corrected chi connectivity index (χ4v) is 5.84. The minimum absolute atomic E-state index is 0.0374. The van der Waals surface area contributed by atoms with Gasteiger partial charge in [-0.3, -0.25) is 14.7 Å². The van der Waals surface area contributed by atoms with E-state index in [0.717, 1.165) is 60.8 Å². The Kier molecular flexibility index (Phi) is 9.10. The minimum atomic E-state index is 0.0374. The molecule has 2 aromatic carbocycles. The highest BCUT2D eigenvalue weighted by Crippen LogP contribution is 2.26. The molecule has 0 spiro atoms. The molecule has 1 aliphatic heterocycles. The number of aryl methyl sites for hydroxylation is 1. The van der Waals surface area contributed by atoms with E-state index in [1.165, 1.54) is 0 Å². The number of piperidine rings is 1. The Morgan fingerprint density at radius 2 is 1.96 bits per heavy atom. The predicted octanol–water partition coefficient (Wildman–Crippen LogP) is 6.05. The van der Waals surface area contributed by atoms with E-state index in [2.05, 4.69) is 37.0 Å². The molecule has 45 heavy (non-hydrogen) atoms. The molecular formula is C34H34ClN7O3. The number of nitrogens with zero attached hydrogens (tertiary/aromatic N) is 7. The smallest absolute Gasteiger partial charge is 0.159 e. The van der Waals surface area contributed by atoms with Gasteiger partial charge in [0.15, 0.2) is 5.78 Å². The maximum absolute atomic E-state index is 12.2. The molecule has 4 heterocycles. The third-order valence-electron chi connectivity index (χ3n) is 8.12. The summed E-state index contributed by atoms with van der Waals surface area (Å²) in [7, 11) is 0. The van der Waals surface area contributed by atoms with E-state index >= 15 is 0 Å². The first-order valence-electron chi connectivity index (χ1n) is 15.1. The number of carbonyl (C=O) groups excluding carboxylic acids is 1. The third-order valence-corrected chi connectivity index (χ3v) is 8.36. The number of nitriles is 1. The second kappa shape index (κ2) is 13.5. The Morgan fingerprint density at radius 3 is 2.73 bits per heavy atom. The van der Waals surface area contributed by atoms with Crippen LogP contribution >= 0.6 is 11.6 Å². The first-order chi connectivity index (χ1) is 21.9. The summed E-state index contributed by atoms with van der Waals surface area (Å²) in [5.41, 5.74) is 4.70. The molecule has 11 heteroatoms. The number of imidazole rings is 2. The summed E-state index contributed by atoms with van der Waals surface area (Å²) < 4.78 is 16.6. The van der Waals surface area contributed by atoms with Crippen molar-refractivity contribution in [3.05, 3.63) is 101 Å². The van der Waals surface area contributed by atoms with Gasteiger partial charge in [-0.05, 0) is 69.2 Å². The lowest BCUT2D eigenvalue weighted by Gasteiger charge is -2.32. The zero-order valence-corrected chi connectivity index (χ0v) is 26.1. The average Bonchev–Trinajstić information content (AvgIpc) is 3.65. The number of fused-ring (bicyclic) bond motifs is 1. The Morgan fingerprint density at radius 1 is 1.11 bits per heavy atom. The molecule has 230 valence electrons. The largest absolute Gasteiger partial charge is 0.490 e. The molecule has 0 amide bonds. The van der Waals surface area contributed by atoms with Gasteiger partial charge >= 0.3 is 0 Å². The van der Waals surface area contributed by atoms with Gasteiger partial charge in [-0.2, -0.15) is 5.26 Å². The molecule has 5 aromatic rings. The minimum Gasteiger partial charge on any atom is -0.490 e. The van der Waals surface area contributed by atoms with Crippen LogP contribution in [0.15, 0.2) is 67.3 Å². The molecule has 6 rings (SSSR count). The first kappa shape index (κ1) is 30.3. The maximum Gasteiger partial charge on any atom is 0.159 e. The van der Waals surface area contributed by atoms with Crippen molar-refractivity contribution < 1.29 is 14.3 Å². The van der Waals surface area contributed by atoms with Gasteiger partial charge in [-0.15, -0.1) is 0 Å². The van der Waals surface area contributed by atoms with Crippen LogP contribution in [0.25, 0.3) is 11.0 Å². The summed E-state index contributed by atoms with van der Waals surface area (Å²) in [5.74, 6) is 2.21. The van der Waals surface area contributed by atoms with E-state index in [1.807, 2.05) is 42.9 Å². The molecule has 0 radical (unpaired) electrons. The fourth-order valence-electron chi connectivity index (χ4n) is 5.67. The standard InChI is InChI=1S/C34H34ClN7O3/c1-3-41-22-37-18-28(41)19-42-32-15-24(23(2)43)4-6-31(32)39-34(42)20-40-12-9-29(10-13-40)45-30-8-11-38-27(16-30)21-44-33-7-5-26(35)14-25(33)17-36/h4-8,11,14-16,18,22,29H,3,9-10,12-13,19-21H2,1-2H3. The van der Waals surface area contributed by atoms with Crippen LogP contribution in [0, 0.1) is 11.3 Å². The zero-order valence-electron chi connectivity index (χ0n) is 25.3. The molecular weight excluding hydrogens is 590 g/mol. The third kappa shape index (κ3) is 7.00. The highest BCUT2D eigenvalue weighted by atomic mass is 35.5. The van der Waals surface area contributed by atoms with E-state index in [4.69, 9.17) is 26.1 Å². The van der Waals surface area contributed by atoms with E-state index < -0.39 is 0 Å². The number of hydrogen-bond acceptors (Lipinski definition) is 8. The number of ketones is 1. The molecule has 3 aromatic heterocycles. The first-order valence-corrected chi connectivity index (χ1v) is 15.4. The lowest BCUT2D eigenvalue weighted by Crippen LogP contribution is -2.38. The summed E-state index contributed by atoms with van der Waals surface area (Å²) in [5, 5.41) is 9.85. The number of ether oxygens (including phenoxy) is 2. The fraction of sp³-hybridized carbons (Fsp3) is 0.324. The van der Waals surface area contributed by atoms with Crippen molar-refractivity contribution >= 4 is 28.4 Å². The van der Waals surface area contributed by atoms with Gasteiger partial charge in [0.25, 0.3) is 0 Å². The topological polar surface area (TPSA) is 111 Å². The van der Waals surface area contributed by atoms with Gasteiger partial charge in [-0.1, -0.05) is 11.6 Å². The molecule has 1 fully saturated rings. The maximum atomic E-state index is 12.2. The number of Topliss-reactive ketones (excluding diaryl/α,β-unsaturated/α-hetero) is 1. The highest BCUT2D eigenvalue weighted by molar-refractivity contribution is 6.30. The second-order valence-electron chi connectivity index (χ2n) is 11.2. The molecule has 1 saturated heterocycles. The quantitative estimate of drug-likeness (QED) is 0.164. The molecule has 0 N–H and O–H groups in total. The normalized spacial score (nSPS) is 14.0. The molecule has 10 nitrogen and oxygen atoms in total. The van der Waals surface area contributed by atoms with Gasteiger partial charge in [0.1, 0.15) is 36.1 Å². The molecule has 0 aliphatic carbocycles. The van der Waals surface area contributed by atoms with Crippen molar-refractivity contribution in [3.63, 3.8) is 0 Å². The Hall–Kier alpha value is -4.72. The van der Waals surface area contributed by atoms with Gasteiger partial charge in [0, 0.05) is 48.7 Å². The Labute approximate surface area is 266 Å². The number of likely N-dealkylation sites (tertiary alicyclic amines) is 1. The van der Waals surface area contributed by atoms with Gasteiger partial charge in [0.05, 0.1) is 47.4 Å². The van der Waals surface area contributed by atoms with Crippen molar-refractivity contribution in [2.24, 2.45) is 0 Å². The number of carbonyl (C=O) groups is 1. The average molecular weight is 624 g/mol. The lowest BCUT2D eigenvalue weighted by molar-refractivity contribution is 0.0946. The number of hydrogen-bond donors (Lipinski definition) is 0. The predicted molar refractivity (Wildman–Crippen MR) is 170 cm³/mol. The second-order valence-corrected chi connectivity index (χ2v) is 11.6. The lowest BCUT2D eigenvalue weighted by atomic mass is 10.1. The van der Waals surface area contributed by atoms with Crippen LogP contribution < -0.4 is 9.47 Å². The number of halogens is 1. The Bertz CT molecular complexity index is 1870. The van der Waals surface area contributed by atoms with Crippen molar-refractivity contribution in [1.29, 1.82) is 5.26 Å². The van der Waals surface area contributed by atoms with E-state index in [1.54, 1.807) is 31.3 Å². The number of rotatable bonds is 11. The summed E-state index contributed by atoms with van der Waals surface area (Å²) >= 11 is 5.99. The summed E-state index contributed by atoms with van der Waals surface area (Å²) in [6.45, 7) is 7.80. The molecule has 0 unspecified atom stereocenters. The highest BCUT2D eigenvalue weighted by Gasteiger charge is 2.23. The van der Waals surface area contributed by atoms with Crippen molar-refractivity contribution in [3.8, 4) is 17.6 Å². The molecule has 1 aliphatic rings. The Balaban J connectivity index is 1.10. The van der Waals surface area contributed by atoms with Gasteiger partial charge < -0.3 is 18.6 Å². The van der Waals surface area contributed by atoms with E-state index in [0.29, 0.717) is 40.7 Å².